The summed E-state index contributed by atoms with van der Waals surface area (Å²) in [7, 11) is 3.42. The summed E-state index contributed by atoms with van der Waals surface area (Å²) in [6, 6.07) is 7.42. The van der Waals surface area contributed by atoms with Crippen LogP contribution >= 0.6 is 23.7 Å². The van der Waals surface area contributed by atoms with Crippen LogP contribution in [0.3, 0.4) is 0 Å². The molecule has 0 aliphatic carbocycles. The number of carbonyl (C=O) groups excluding carboxylic acids is 4. The van der Waals surface area contributed by atoms with E-state index in [1.165, 1.54) is 18.3 Å². The number of thiazole rings is 1. The number of aliphatic carboxylic acids is 1. The van der Waals surface area contributed by atoms with Gasteiger partial charge in [0, 0.05) is 37.9 Å². The number of carboxylic acid groups (broad SMARTS) is 1. The highest BCUT2D eigenvalue weighted by Gasteiger charge is 2.36. The van der Waals surface area contributed by atoms with E-state index < -0.39 is 54.0 Å². The van der Waals surface area contributed by atoms with Crippen LogP contribution in [0.5, 0.6) is 0 Å². The fourth-order valence-corrected chi connectivity index (χ4v) is 6.83. The fraction of sp³-hybridized carbons (Fsp3) is 0.622. The van der Waals surface area contributed by atoms with E-state index in [1.54, 1.807) is 31.3 Å². The van der Waals surface area contributed by atoms with Crippen molar-refractivity contribution in [1.29, 1.82) is 0 Å². The topological polar surface area (TPSA) is 167 Å². The summed E-state index contributed by atoms with van der Waals surface area (Å²) in [5.41, 5.74) is 1.08. The number of carboxylic acids is 1. The molecule has 2 aromatic rings. The van der Waals surface area contributed by atoms with Crippen molar-refractivity contribution in [3.05, 3.63) is 52.0 Å². The monoisotopic (exact) mass is 751 g/mol. The molecule has 0 aliphatic rings. The smallest absolute Gasteiger partial charge is 0.306 e. The van der Waals surface area contributed by atoms with Crippen molar-refractivity contribution in [2.24, 2.45) is 23.7 Å². The second-order valence-electron chi connectivity index (χ2n) is 13.9. The molecule has 0 radical (unpaired) electrons. The van der Waals surface area contributed by atoms with Crippen molar-refractivity contribution in [3.8, 4) is 0 Å². The van der Waals surface area contributed by atoms with Crippen molar-refractivity contribution in [1.82, 2.24) is 25.8 Å². The first-order chi connectivity index (χ1) is 23.5. The molecular weight excluding hydrogens is 694 g/mol. The van der Waals surface area contributed by atoms with Crippen LogP contribution in [0.15, 0.2) is 35.7 Å². The number of benzene rings is 1. The van der Waals surface area contributed by atoms with Gasteiger partial charge >= 0.3 is 11.9 Å². The molecule has 51 heavy (non-hydrogen) atoms. The minimum atomic E-state index is -0.948. The van der Waals surface area contributed by atoms with E-state index in [0.29, 0.717) is 17.8 Å². The Balaban J connectivity index is 0.0000130. The number of esters is 1. The second-order valence-corrected chi connectivity index (χ2v) is 14.8. The van der Waals surface area contributed by atoms with E-state index >= 15 is 0 Å². The van der Waals surface area contributed by atoms with Gasteiger partial charge in [-0.05, 0) is 43.2 Å². The first-order valence-corrected chi connectivity index (χ1v) is 18.3. The number of nitrogens with one attached hydrogen (secondary N) is 3. The highest BCUT2D eigenvalue weighted by Crippen LogP contribution is 2.31. The normalized spacial score (nSPS) is 15.4. The van der Waals surface area contributed by atoms with Crippen molar-refractivity contribution in [3.63, 3.8) is 0 Å². The Kier molecular flexibility index (Phi) is 19.4. The molecule has 14 heteroatoms. The summed E-state index contributed by atoms with van der Waals surface area (Å²) in [5, 5.41) is 20.5. The zero-order valence-electron chi connectivity index (χ0n) is 31.6. The number of nitrogens with zero attached hydrogens (tertiary/aromatic N) is 2. The number of ether oxygens (including phenoxy) is 1. The largest absolute Gasteiger partial charge is 0.481 e. The van der Waals surface area contributed by atoms with E-state index in [2.05, 4.69) is 20.9 Å². The Morgan fingerprint density at radius 2 is 1.57 bits per heavy atom. The van der Waals surface area contributed by atoms with Crippen LogP contribution in [-0.2, 0) is 30.3 Å². The first kappa shape index (κ1) is 45.5. The molecule has 1 aromatic carbocycles. The van der Waals surface area contributed by atoms with Crippen molar-refractivity contribution in [2.45, 2.75) is 111 Å². The van der Waals surface area contributed by atoms with Gasteiger partial charge in [0.25, 0.3) is 5.91 Å². The van der Waals surface area contributed by atoms with Gasteiger partial charge in [-0.15, -0.1) is 23.7 Å². The SMILES string of the molecule is CC[C@H](C)[C@H](NC(=O)[C@@H](NC)C(C)C)C(=O)N(C)[C@H](C[C@@H](OC(C)=O)c1nc(C(=O)N[C@@H](Cc2ccccc2)CC(C)C(=O)O)cs1)C(C)C.Cl. The highest BCUT2D eigenvalue weighted by atomic mass is 35.5. The van der Waals surface area contributed by atoms with Crippen LogP contribution in [0.1, 0.15) is 102 Å². The molecule has 2 rings (SSSR count). The van der Waals surface area contributed by atoms with Gasteiger partial charge in [0.15, 0.2) is 6.10 Å². The van der Waals surface area contributed by atoms with Crippen LogP contribution in [0.2, 0.25) is 0 Å². The minimum absolute atomic E-state index is 0. The molecule has 0 spiro atoms. The molecule has 4 N–H and O–H groups in total. The van der Waals surface area contributed by atoms with E-state index in [4.69, 9.17) is 4.74 Å². The van der Waals surface area contributed by atoms with Gasteiger partial charge < -0.3 is 30.7 Å². The standard InChI is InChI=1S/C37H57N5O7S.ClH/c1-11-23(6)32(41-34(45)31(38-9)22(4)5)36(46)42(10)29(21(2)3)19-30(49-25(8)43)35-40-28(20-50-35)33(44)39-27(17-24(7)37(47)48)18-26-15-13-12-14-16-26;/h12-16,20-24,27,29-32,38H,11,17-19H2,1-10H3,(H,39,44)(H,41,45)(H,47,48);1H/t23-,24?,27+,29+,30+,31-,32-;/m0./s1. The Bertz CT molecular complexity index is 1420. The number of halogens is 1. The zero-order valence-corrected chi connectivity index (χ0v) is 33.2. The predicted molar refractivity (Wildman–Crippen MR) is 202 cm³/mol. The summed E-state index contributed by atoms with van der Waals surface area (Å²) in [6.07, 6.45) is 0.709. The predicted octanol–water partition coefficient (Wildman–Crippen LogP) is 5.27. The second kappa shape index (κ2) is 21.7. The number of hydrogen-bond acceptors (Lipinski definition) is 9. The lowest BCUT2D eigenvalue weighted by Crippen LogP contribution is -2.57. The molecule has 0 fully saturated rings. The Morgan fingerprint density at radius 1 is 0.941 bits per heavy atom. The molecular formula is C37H58ClN5O7S. The summed E-state index contributed by atoms with van der Waals surface area (Å²) in [5.74, 6) is -3.29. The fourth-order valence-electron chi connectivity index (χ4n) is 5.99. The van der Waals surface area contributed by atoms with Gasteiger partial charge in [-0.3, -0.25) is 24.0 Å². The molecule has 1 unspecified atom stereocenters. The van der Waals surface area contributed by atoms with Crippen molar-refractivity contribution in [2.75, 3.05) is 14.1 Å². The lowest BCUT2D eigenvalue weighted by Gasteiger charge is -2.37. The minimum Gasteiger partial charge on any atom is -0.481 e. The zero-order chi connectivity index (χ0) is 37.7. The molecule has 12 nitrogen and oxygen atoms in total. The third-order valence-corrected chi connectivity index (χ3v) is 10.1. The van der Waals surface area contributed by atoms with Gasteiger partial charge in [0.1, 0.15) is 16.7 Å². The summed E-state index contributed by atoms with van der Waals surface area (Å²) >= 11 is 1.17. The number of rotatable bonds is 20. The van der Waals surface area contributed by atoms with Crippen molar-refractivity contribution < 1.29 is 33.8 Å². The number of likely N-dealkylation sites (N-methyl/N-ethyl adjacent to an activating group) is 2. The van der Waals surface area contributed by atoms with E-state index in [9.17, 15) is 29.1 Å². The van der Waals surface area contributed by atoms with Gasteiger partial charge in [-0.1, -0.05) is 85.2 Å². The third-order valence-electron chi connectivity index (χ3n) is 9.17. The first-order valence-electron chi connectivity index (χ1n) is 17.4. The maximum Gasteiger partial charge on any atom is 0.306 e. The van der Waals surface area contributed by atoms with E-state index in [1.807, 2.05) is 71.9 Å². The molecule has 0 bridgehead atoms. The molecule has 3 amide bonds. The Hall–Kier alpha value is -3.55. The molecule has 286 valence electrons. The van der Waals surface area contributed by atoms with Crippen LogP contribution in [0.25, 0.3) is 0 Å². The van der Waals surface area contributed by atoms with Crippen LogP contribution < -0.4 is 16.0 Å². The number of aromatic nitrogens is 1. The molecule has 0 aliphatic heterocycles. The average Bonchev–Trinajstić information content (AvgIpc) is 3.55. The Labute approximate surface area is 313 Å². The quantitative estimate of drug-likeness (QED) is 0.132. The summed E-state index contributed by atoms with van der Waals surface area (Å²) < 4.78 is 5.74. The van der Waals surface area contributed by atoms with Gasteiger partial charge in [-0.25, -0.2) is 4.98 Å². The highest BCUT2D eigenvalue weighted by molar-refractivity contribution is 7.09. The number of hydrogen-bond donors (Lipinski definition) is 4. The third kappa shape index (κ3) is 13.8. The van der Waals surface area contributed by atoms with Crippen LogP contribution in [0.4, 0.5) is 0 Å². The molecule has 0 saturated carbocycles. The summed E-state index contributed by atoms with van der Waals surface area (Å²) in [6.45, 7) is 14.6. The lowest BCUT2D eigenvalue weighted by molar-refractivity contribution is -0.149. The van der Waals surface area contributed by atoms with Crippen LogP contribution in [-0.4, -0.2) is 82.9 Å². The van der Waals surface area contributed by atoms with E-state index in [-0.39, 0.29) is 60.5 Å². The van der Waals surface area contributed by atoms with E-state index in [0.717, 1.165) is 5.56 Å². The molecule has 1 heterocycles. The van der Waals surface area contributed by atoms with Crippen LogP contribution in [0, 0.1) is 23.7 Å². The molecule has 7 atom stereocenters. The van der Waals surface area contributed by atoms with Crippen molar-refractivity contribution >= 4 is 53.4 Å². The van der Waals surface area contributed by atoms with Gasteiger partial charge in [0.2, 0.25) is 11.8 Å². The maximum atomic E-state index is 14.1. The Morgan fingerprint density at radius 3 is 2.08 bits per heavy atom. The molecule has 0 saturated heterocycles. The van der Waals surface area contributed by atoms with Gasteiger partial charge in [-0.2, -0.15) is 0 Å². The number of carbonyl (C=O) groups is 5. The number of amides is 3. The summed E-state index contributed by atoms with van der Waals surface area (Å²) in [4.78, 5) is 70.8. The van der Waals surface area contributed by atoms with Gasteiger partial charge in [0.05, 0.1) is 12.0 Å². The molecule has 1 aromatic heterocycles. The average molecular weight is 752 g/mol. The maximum absolute atomic E-state index is 14.1. The lowest BCUT2D eigenvalue weighted by atomic mass is 9.92.